The molecule has 144 valence electrons. The highest BCUT2D eigenvalue weighted by atomic mass is 35.5. The Morgan fingerprint density at radius 1 is 1.26 bits per heavy atom. The van der Waals surface area contributed by atoms with Gasteiger partial charge >= 0.3 is 12.1 Å². The average molecular weight is 401 g/mol. The number of hydrazone groups is 1. The fraction of sp³-hybridized carbons (Fsp3) is 0.389. The molecule has 2 heterocycles. The molecule has 0 N–H and O–H groups in total. The van der Waals surface area contributed by atoms with E-state index < -0.39 is 41.8 Å². The van der Waals surface area contributed by atoms with Crippen LogP contribution in [0.5, 0.6) is 0 Å². The predicted molar refractivity (Wildman–Crippen MR) is 92.5 cm³/mol. The van der Waals surface area contributed by atoms with Crippen LogP contribution in [0.2, 0.25) is 5.02 Å². The molecule has 27 heavy (non-hydrogen) atoms. The van der Waals surface area contributed by atoms with Gasteiger partial charge in [0.2, 0.25) is 0 Å². The van der Waals surface area contributed by atoms with Gasteiger partial charge in [0, 0.05) is 16.8 Å². The Balaban J connectivity index is 2.07. The highest BCUT2D eigenvalue weighted by Crippen LogP contribution is 2.47. The molecule has 5 nitrogen and oxygen atoms in total. The molecule has 0 saturated carbocycles. The van der Waals surface area contributed by atoms with Crippen molar-refractivity contribution >= 4 is 29.6 Å². The van der Waals surface area contributed by atoms with E-state index in [9.17, 15) is 22.8 Å². The lowest BCUT2D eigenvalue weighted by Gasteiger charge is -2.28. The number of alkyl halides is 3. The summed E-state index contributed by atoms with van der Waals surface area (Å²) in [5.74, 6) is -5.61. The van der Waals surface area contributed by atoms with E-state index in [1.165, 1.54) is 49.6 Å². The predicted octanol–water partition coefficient (Wildman–Crippen LogP) is 3.49. The third-order valence-corrected chi connectivity index (χ3v) is 4.87. The minimum Gasteiger partial charge on any atom is -0.466 e. The number of rotatable bonds is 4. The van der Waals surface area contributed by atoms with Crippen molar-refractivity contribution in [2.45, 2.75) is 25.2 Å². The first-order valence-electron chi connectivity index (χ1n) is 8.28. The maximum absolute atomic E-state index is 14.0. The number of fused-ring (bicyclic) bond motifs is 1. The Morgan fingerprint density at radius 2 is 1.93 bits per heavy atom. The number of ketones is 1. The topological polar surface area (TPSA) is 59.0 Å². The number of hydrogen-bond acceptors (Lipinski definition) is 5. The molecule has 1 saturated heterocycles. The fourth-order valence-corrected chi connectivity index (χ4v) is 3.66. The van der Waals surface area contributed by atoms with Gasteiger partial charge in [0.25, 0.3) is 0 Å². The third kappa shape index (κ3) is 3.58. The van der Waals surface area contributed by atoms with Crippen LogP contribution in [0.1, 0.15) is 17.3 Å². The molecule has 3 rings (SSSR count). The number of carbonyl (C=O) groups excluding carboxylic acids is 2. The Hall–Kier alpha value is -2.35. The first-order valence-corrected chi connectivity index (χ1v) is 8.65. The second-order valence-corrected chi connectivity index (χ2v) is 6.62. The molecule has 9 heteroatoms. The van der Waals surface area contributed by atoms with Gasteiger partial charge in [-0.2, -0.15) is 18.3 Å². The van der Waals surface area contributed by atoms with Crippen molar-refractivity contribution in [2.24, 2.45) is 16.9 Å². The molecule has 1 aromatic carbocycles. The van der Waals surface area contributed by atoms with Crippen LogP contribution in [0.3, 0.4) is 0 Å². The number of carbonyl (C=O) groups is 2. The molecule has 2 aliphatic rings. The summed E-state index contributed by atoms with van der Waals surface area (Å²) in [6, 6.07) is 2.87. The molecule has 0 aromatic heterocycles. The lowest BCUT2D eigenvalue weighted by atomic mass is 9.83. The van der Waals surface area contributed by atoms with Crippen molar-refractivity contribution in [1.82, 2.24) is 5.01 Å². The van der Waals surface area contributed by atoms with Crippen molar-refractivity contribution in [3.63, 3.8) is 0 Å². The minimum atomic E-state index is -4.80. The van der Waals surface area contributed by atoms with Crippen molar-refractivity contribution in [3.8, 4) is 0 Å². The molecule has 0 radical (unpaired) electrons. The second-order valence-electron chi connectivity index (χ2n) is 6.18. The summed E-state index contributed by atoms with van der Waals surface area (Å²) < 4.78 is 46.7. The Kier molecular flexibility index (Phi) is 5.28. The van der Waals surface area contributed by atoms with Crippen LogP contribution < -0.4 is 0 Å². The summed E-state index contributed by atoms with van der Waals surface area (Å²) in [6.45, 7) is 1.45. The maximum atomic E-state index is 14.0. The van der Waals surface area contributed by atoms with E-state index in [4.69, 9.17) is 16.3 Å². The van der Waals surface area contributed by atoms with Gasteiger partial charge in [0.05, 0.1) is 24.5 Å². The van der Waals surface area contributed by atoms with Crippen LogP contribution in [0.4, 0.5) is 13.2 Å². The van der Waals surface area contributed by atoms with Crippen LogP contribution in [-0.2, 0) is 9.53 Å². The lowest BCUT2D eigenvalue weighted by Crippen LogP contribution is -2.44. The molecule has 1 aromatic rings. The van der Waals surface area contributed by atoms with Gasteiger partial charge in [-0.25, -0.2) is 0 Å². The molecular formula is C18H16ClF3N2O3. The zero-order valence-corrected chi connectivity index (χ0v) is 14.9. The molecule has 2 aliphatic heterocycles. The number of halogens is 4. The number of esters is 1. The monoisotopic (exact) mass is 400 g/mol. The first kappa shape index (κ1) is 19.4. The molecular weight excluding hydrogens is 385 g/mol. The van der Waals surface area contributed by atoms with Gasteiger partial charge in [0.15, 0.2) is 5.78 Å². The van der Waals surface area contributed by atoms with Gasteiger partial charge in [-0.05, 0) is 37.3 Å². The van der Waals surface area contributed by atoms with Gasteiger partial charge in [-0.15, -0.1) is 0 Å². The van der Waals surface area contributed by atoms with Gasteiger partial charge in [-0.3, -0.25) is 14.6 Å². The molecule has 0 spiro atoms. The third-order valence-electron chi connectivity index (χ3n) is 4.61. The minimum absolute atomic E-state index is 0.0601. The zero-order chi connectivity index (χ0) is 19.8. The fourth-order valence-electron chi connectivity index (χ4n) is 3.53. The average Bonchev–Trinajstić information content (AvgIpc) is 2.97. The van der Waals surface area contributed by atoms with Crippen molar-refractivity contribution < 1.29 is 27.5 Å². The summed E-state index contributed by atoms with van der Waals surface area (Å²) in [6.07, 6.45) is -0.622. The van der Waals surface area contributed by atoms with Crippen LogP contribution in [0.15, 0.2) is 41.5 Å². The summed E-state index contributed by atoms with van der Waals surface area (Å²) in [5, 5.41) is 5.37. The largest absolute Gasteiger partial charge is 0.466 e. The quantitative estimate of drug-likeness (QED) is 0.573. The van der Waals surface area contributed by atoms with E-state index in [2.05, 4.69) is 5.10 Å². The second kappa shape index (κ2) is 7.34. The summed E-state index contributed by atoms with van der Waals surface area (Å²) >= 11 is 5.79. The standard InChI is InChI=1S/C18H16ClF3N2O3/c1-2-27-17(26)13-12-4-3-9-23-24(12)15(14(13)18(20,21)22)16(25)10-5-7-11(19)8-6-10/h3-9,12-15H,2H2,1H3/t12-,13+,14-,15-/m0/s1. The van der Waals surface area contributed by atoms with Crippen LogP contribution in [-0.4, -0.2) is 47.8 Å². The SMILES string of the molecule is CCOC(=O)[C@H]1[C@H](C(F)(F)F)[C@@H](C(=O)c2ccc(Cl)cc2)N2N=CC=C[C@@H]12. The highest BCUT2D eigenvalue weighted by molar-refractivity contribution is 6.30. The van der Waals surface area contributed by atoms with E-state index in [1.54, 1.807) is 0 Å². The summed E-state index contributed by atoms with van der Waals surface area (Å²) in [4.78, 5) is 25.3. The smallest absolute Gasteiger partial charge is 0.395 e. The molecule has 4 atom stereocenters. The number of benzene rings is 1. The van der Waals surface area contributed by atoms with E-state index >= 15 is 0 Å². The molecule has 1 fully saturated rings. The number of ether oxygens (including phenoxy) is 1. The lowest BCUT2D eigenvalue weighted by molar-refractivity contribution is -0.195. The highest BCUT2D eigenvalue weighted by Gasteiger charge is 2.64. The number of Topliss-reactive ketones (excluding diaryl/α,β-unsaturated/α-hetero) is 1. The van der Waals surface area contributed by atoms with E-state index in [1.807, 2.05) is 0 Å². The zero-order valence-electron chi connectivity index (χ0n) is 14.2. The summed E-state index contributed by atoms with van der Waals surface area (Å²) in [5.41, 5.74) is 0.0617. The van der Waals surface area contributed by atoms with Crippen LogP contribution in [0, 0.1) is 11.8 Å². The molecule has 0 bridgehead atoms. The van der Waals surface area contributed by atoms with Gasteiger partial charge in [-0.1, -0.05) is 17.7 Å². The maximum Gasteiger partial charge on any atom is 0.395 e. The van der Waals surface area contributed by atoms with Crippen LogP contribution >= 0.6 is 11.6 Å². The van der Waals surface area contributed by atoms with Crippen molar-refractivity contribution in [2.75, 3.05) is 6.61 Å². The molecule has 0 aliphatic carbocycles. The van der Waals surface area contributed by atoms with Crippen molar-refractivity contribution in [1.29, 1.82) is 0 Å². The Bertz CT molecular complexity index is 792. The van der Waals surface area contributed by atoms with E-state index in [-0.39, 0.29) is 12.2 Å². The number of nitrogens with zero attached hydrogens (tertiary/aromatic N) is 2. The van der Waals surface area contributed by atoms with Gasteiger partial charge in [0.1, 0.15) is 6.04 Å². The first-order chi connectivity index (χ1) is 12.8. The van der Waals surface area contributed by atoms with Gasteiger partial charge < -0.3 is 4.74 Å². The Morgan fingerprint density at radius 3 is 2.52 bits per heavy atom. The molecule has 0 amide bonds. The van der Waals surface area contributed by atoms with Crippen LogP contribution in [0.25, 0.3) is 0 Å². The number of allylic oxidation sites excluding steroid dienone is 1. The summed E-state index contributed by atoms with van der Waals surface area (Å²) in [7, 11) is 0. The molecule has 0 unspecified atom stereocenters. The normalized spacial score (nSPS) is 26.8. The number of hydrogen-bond donors (Lipinski definition) is 0. The Labute approximate surface area is 158 Å². The van der Waals surface area contributed by atoms with Crippen molar-refractivity contribution in [3.05, 3.63) is 47.0 Å². The van der Waals surface area contributed by atoms with E-state index in [0.29, 0.717) is 5.02 Å². The van der Waals surface area contributed by atoms with E-state index in [0.717, 1.165) is 5.01 Å².